The summed E-state index contributed by atoms with van der Waals surface area (Å²) < 4.78 is 31.8. The van der Waals surface area contributed by atoms with Crippen molar-refractivity contribution in [3.63, 3.8) is 0 Å². The molecule has 84 valence electrons. The van der Waals surface area contributed by atoms with Crippen LogP contribution in [-0.2, 0) is 19.5 Å². The first-order valence-electron chi connectivity index (χ1n) is 4.40. The zero-order valence-electron chi connectivity index (χ0n) is 8.02. The summed E-state index contributed by atoms with van der Waals surface area (Å²) in [6.45, 7) is 2.04. The van der Waals surface area contributed by atoms with Gasteiger partial charge in [-0.15, -0.1) is 4.28 Å². The monoisotopic (exact) mass is 225 g/mol. The third kappa shape index (κ3) is 9.43. The summed E-state index contributed by atoms with van der Waals surface area (Å²) in [5.41, 5.74) is 1.62. The Balaban J connectivity index is 3.47. The van der Waals surface area contributed by atoms with E-state index in [2.05, 4.69) is 4.28 Å². The smallest absolute Gasteiger partial charge is 0.273 e. The van der Waals surface area contributed by atoms with Gasteiger partial charge in [0.1, 0.15) is 0 Å². The zero-order valence-corrected chi connectivity index (χ0v) is 8.84. The van der Waals surface area contributed by atoms with Gasteiger partial charge in [0.2, 0.25) is 5.91 Å². The van der Waals surface area contributed by atoms with Crippen molar-refractivity contribution >= 4 is 16.3 Å². The van der Waals surface area contributed by atoms with Crippen LogP contribution in [0.4, 0.5) is 0 Å². The molecule has 0 aromatic carbocycles. The lowest BCUT2D eigenvalue weighted by Gasteiger charge is -2.01. The Bertz CT molecular complexity index is 261. The molecule has 0 saturated carbocycles. The number of nitrogens with one attached hydrogen (secondary N) is 1. The first kappa shape index (κ1) is 13.3. The molecule has 0 aromatic heterocycles. The Morgan fingerprint density at radius 2 is 2.00 bits per heavy atom. The highest BCUT2D eigenvalue weighted by atomic mass is 32.3. The van der Waals surface area contributed by atoms with Crippen LogP contribution in [0.15, 0.2) is 0 Å². The highest BCUT2D eigenvalue weighted by Gasteiger charge is 2.07. The fourth-order valence-corrected chi connectivity index (χ4v) is 1.06. The molecule has 0 spiro atoms. The normalized spacial score (nSPS) is 11.3. The van der Waals surface area contributed by atoms with Crippen molar-refractivity contribution in [3.05, 3.63) is 0 Å². The van der Waals surface area contributed by atoms with E-state index in [9.17, 15) is 13.2 Å². The van der Waals surface area contributed by atoms with Crippen molar-refractivity contribution in [2.24, 2.45) is 0 Å². The first-order chi connectivity index (χ1) is 6.45. The molecule has 1 amide bonds. The van der Waals surface area contributed by atoms with Gasteiger partial charge in [-0.05, 0) is 6.42 Å². The molecule has 0 heterocycles. The average molecular weight is 225 g/mol. The van der Waals surface area contributed by atoms with E-state index in [-0.39, 0.29) is 6.42 Å². The molecule has 0 fully saturated rings. The molecule has 0 rings (SSSR count). The summed E-state index contributed by atoms with van der Waals surface area (Å²) in [5, 5.41) is 0. The number of carbonyl (C=O) groups is 1. The van der Waals surface area contributed by atoms with E-state index in [0.29, 0.717) is 6.42 Å². The molecule has 0 unspecified atom stereocenters. The molecule has 0 aliphatic heterocycles. The van der Waals surface area contributed by atoms with Crippen LogP contribution in [0.5, 0.6) is 0 Å². The predicted octanol–water partition coefficient (Wildman–Crippen LogP) is 0.807. The molecule has 2 N–H and O–H groups in total. The number of hydrogen-bond acceptors (Lipinski definition) is 4. The summed E-state index contributed by atoms with van der Waals surface area (Å²) in [6, 6.07) is 0. The summed E-state index contributed by atoms with van der Waals surface area (Å²) in [4.78, 5) is 10.8. The standard InChI is InChI=1S/C7H15NO5S/c1-2-3-4-5-6-7(9)8-13-14(10,11)12/h2-6H2,1H3,(H,8,9)(H,10,11,12). The first-order valence-corrected chi connectivity index (χ1v) is 5.77. The maximum Gasteiger partial charge on any atom is 0.418 e. The van der Waals surface area contributed by atoms with Crippen LogP contribution < -0.4 is 5.48 Å². The average Bonchev–Trinajstić information content (AvgIpc) is 2.08. The van der Waals surface area contributed by atoms with Crippen LogP contribution in [-0.4, -0.2) is 18.9 Å². The number of amides is 1. The predicted molar refractivity (Wildman–Crippen MR) is 49.5 cm³/mol. The van der Waals surface area contributed by atoms with E-state index in [1.54, 1.807) is 5.48 Å². The highest BCUT2D eigenvalue weighted by molar-refractivity contribution is 7.80. The molecular weight excluding hydrogens is 210 g/mol. The van der Waals surface area contributed by atoms with E-state index in [1.165, 1.54) is 0 Å². The Hall–Kier alpha value is -0.660. The van der Waals surface area contributed by atoms with Crippen LogP contribution in [0.1, 0.15) is 39.0 Å². The van der Waals surface area contributed by atoms with Crippen LogP contribution in [0, 0.1) is 0 Å². The number of hydroxylamine groups is 1. The quantitative estimate of drug-likeness (QED) is 0.380. The van der Waals surface area contributed by atoms with Gasteiger partial charge in [0.25, 0.3) is 0 Å². The molecule has 0 radical (unpaired) electrons. The molecule has 0 aromatic rings. The minimum Gasteiger partial charge on any atom is -0.273 e. The largest absolute Gasteiger partial charge is 0.418 e. The fourth-order valence-electron chi connectivity index (χ4n) is 0.862. The van der Waals surface area contributed by atoms with Crippen molar-refractivity contribution < 1.29 is 22.0 Å². The molecule has 14 heavy (non-hydrogen) atoms. The highest BCUT2D eigenvalue weighted by Crippen LogP contribution is 2.01. The Labute approximate surface area is 83.5 Å². The Kier molecular flexibility index (Phi) is 6.43. The molecular formula is C7H15NO5S. The van der Waals surface area contributed by atoms with Gasteiger partial charge in [-0.2, -0.15) is 8.42 Å². The van der Waals surface area contributed by atoms with Gasteiger partial charge in [-0.1, -0.05) is 26.2 Å². The maximum absolute atomic E-state index is 10.8. The number of unbranched alkanes of at least 4 members (excludes halogenated alkanes) is 3. The SMILES string of the molecule is CCCCCCC(=O)NOS(=O)(=O)O. The Morgan fingerprint density at radius 3 is 2.50 bits per heavy atom. The molecule has 0 aliphatic rings. The lowest BCUT2D eigenvalue weighted by molar-refractivity contribution is -0.127. The minimum atomic E-state index is -4.59. The van der Waals surface area contributed by atoms with Gasteiger partial charge in [0.15, 0.2) is 0 Å². The maximum atomic E-state index is 10.8. The van der Waals surface area contributed by atoms with Gasteiger partial charge in [-0.25, -0.2) is 5.48 Å². The van der Waals surface area contributed by atoms with E-state index in [1.807, 2.05) is 6.92 Å². The van der Waals surface area contributed by atoms with Gasteiger partial charge in [0.05, 0.1) is 0 Å². The van der Waals surface area contributed by atoms with E-state index in [4.69, 9.17) is 4.55 Å². The topological polar surface area (TPSA) is 92.7 Å². The van der Waals surface area contributed by atoms with Crippen molar-refractivity contribution in [3.8, 4) is 0 Å². The summed E-state index contributed by atoms with van der Waals surface area (Å²) >= 11 is 0. The van der Waals surface area contributed by atoms with Crippen LogP contribution in [0.2, 0.25) is 0 Å². The van der Waals surface area contributed by atoms with Gasteiger partial charge in [0, 0.05) is 6.42 Å². The molecule has 6 nitrogen and oxygen atoms in total. The van der Waals surface area contributed by atoms with Gasteiger partial charge >= 0.3 is 10.4 Å². The van der Waals surface area contributed by atoms with Gasteiger partial charge < -0.3 is 0 Å². The minimum absolute atomic E-state index is 0.190. The molecule has 0 bridgehead atoms. The lowest BCUT2D eigenvalue weighted by Crippen LogP contribution is -2.26. The second-order valence-corrected chi connectivity index (χ2v) is 3.87. The molecule has 0 atom stereocenters. The Morgan fingerprint density at radius 1 is 1.36 bits per heavy atom. The summed E-state index contributed by atoms with van der Waals surface area (Å²) in [5.74, 6) is -0.557. The van der Waals surface area contributed by atoms with E-state index >= 15 is 0 Å². The van der Waals surface area contributed by atoms with E-state index < -0.39 is 16.3 Å². The molecule has 0 aliphatic carbocycles. The van der Waals surface area contributed by atoms with Crippen molar-refractivity contribution in [1.29, 1.82) is 0 Å². The zero-order chi connectivity index (χ0) is 11.0. The third-order valence-corrected chi connectivity index (χ3v) is 1.81. The summed E-state index contributed by atoms with van der Waals surface area (Å²) in [7, 11) is -4.59. The number of carbonyl (C=O) groups excluding carboxylic acids is 1. The third-order valence-electron chi connectivity index (χ3n) is 1.52. The number of hydrogen-bond donors (Lipinski definition) is 2. The lowest BCUT2D eigenvalue weighted by atomic mass is 10.1. The molecule has 7 heteroatoms. The fraction of sp³-hybridized carbons (Fsp3) is 0.857. The second kappa shape index (κ2) is 6.74. The van der Waals surface area contributed by atoms with Crippen molar-refractivity contribution in [2.45, 2.75) is 39.0 Å². The van der Waals surface area contributed by atoms with Crippen LogP contribution in [0.25, 0.3) is 0 Å². The van der Waals surface area contributed by atoms with Crippen LogP contribution in [0.3, 0.4) is 0 Å². The molecule has 0 saturated heterocycles. The van der Waals surface area contributed by atoms with Gasteiger partial charge in [-0.3, -0.25) is 9.35 Å². The number of rotatable bonds is 7. The van der Waals surface area contributed by atoms with Crippen molar-refractivity contribution in [1.82, 2.24) is 5.48 Å². The van der Waals surface area contributed by atoms with Crippen molar-refractivity contribution in [2.75, 3.05) is 0 Å². The summed E-state index contributed by atoms with van der Waals surface area (Å²) in [6.07, 6.45) is 3.87. The second-order valence-electron chi connectivity index (χ2n) is 2.85. The van der Waals surface area contributed by atoms with E-state index in [0.717, 1.165) is 19.3 Å². The van der Waals surface area contributed by atoms with Crippen LogP contribution >= 0.6 is 0 Å².